The minimum Gasteiger partial charge on any atom is -0.508 e. The van der Waals surface area contributed by atoms with Gasteiger partial charge in [0.15, 0.2) is 5.78 Å². The molecule has 2 aliphatic rings. The summed E-state index contributed by atoms with van der Waals surface area (Å²) in [6, 6.07) is 12.8. The van der Waals surface area contributed by atoms with Gasteiger partial charge in [-0.25, -0.2) is 0 Å². The van der Waals surface area contributed by atoms with Gasteiger partial charge >= 0.3 is 0 Å². The Bertz CT molecular complexity index is 859. The quantitative estimate of drug-likeness (QED) is 0.812. The van der Waals surface area contributed by atoms with Gasteiger partial charge in [-0.05, 0) is 60.4 Å². The summed E-state index contributed by atoms with van der Waals surface area (Å²) in [5, 5.41) is 9.54. The summed E-state index contributed by atoms with van der Waals surface area (Å²) in [6.45, 7) is 0.482. The van der Waals surface area contributed by atoms with Crippen LogP contribution in [0.15, 0.2) is 59.7 Å². The summed E-state index contributed by atoms with van der Waals surface area (Å²) in [7, 11) is 0. The van der Waals surface area contributed by atoms with Gasteiger partial charge in [-0.3, -0.25) is 4.79 Å². The molecular weight excluding hydrogens is 288 g/mol. The number of rotatable bonds is 1. The van der Waals surface area contributed by atoms with E-state index in [1.54, 1.807) is 18.2 Å². The number of hydrogen-bond acceptors (Lipinski definition) is 3. The summed E-state index contributed by atoms with van der Waals surface area (Å²) in [5.41, 5.74) is 4.47. The fourth-order valence-electron chi connectivity index (χ4n) is 3.14. The number of ether oxygens (including phenoxy) is 1. The summed E-state index contributed by atoms with van der Waals surface area (Å²) in [5.74, 6) is 1.14. The predicted molar refractivity (Wildman–Crippen MR) is 88.8 cm³/mol. The van der Waals surface area contributed by atoms with Crippen molar-refractivity contribution in [3.05, 3.63) is 76.4 Å². The molecule has 2 aromatic rings. The van der Waals surface area contributed by atoms with Crippen LogP contribution in [0.2, 0.25) is 0 Å². The Morgan fingerprint density at radius 1 is 1.09 bits per heavy atom. The van der Waals surface area contributed by atoms with E-state index in [1.165, 1.54) is 0 Å². The van der Waals surface area contributed by atoms with Crippen molar-refractivity contribution in [3.8, 4) is 11.5 Å². The standard InChI is InChI=1S/C20H16O3/c21-17-7-8-18-14(11-17)5-6-16(20(18)22)10-13-9-15-3-1-2-4-19(15)23-12-13/h1-4,7-11,21H,5-6,12H2/b16-10+. The molecule has 1 N–H and O–H groups in total. The van der Waals surface area contributed by atoms with E-state index < -0.39 is 0 Å². The molecule has 0 saturated carbocycles. The number of Topliss-reactive ketones (excluding diaryl/α,β-unsaturated/α-hetero) is 1. The van der Waals surface area contributed by atoms with E-state index >= 15 is 0 Å². The average Bonchev–Trinajstić information content (AvgIpc) is 2.57. The molecule has 1 aliphatic heterocycles. The van der Waals surface area contributed by atoms with E-state index in [4.69, 9.17) is 4.74 Å². The number of hydrogen-bond donors (Lipinski definition) is 1. The molecular formula is C20H16O3. The number of phenolic OH excluding ortho intramolecular Hbond substituents is 1. The molecule has 0 bridgehead atoms. The largest absolute Gasteiger partial charge is 0.508 e. The number of allylic oxidation sites excluding steroid dienone is 1. The maximum atomic E-state index is 12.6. The van der Waals surface area contributed by atoms with Crippen LogP contribution >= 0.6 is 0 Å². The molecule has 0 atom stereocenters. The first-order valence-corrected chi connectivity index (χ1v) is 7.70. The number of carbonyl (C=O) groups excluding carboxylic acids is 1. The lowest BCUT2D eigenvalue weighted by molar-refractivity contribution is 0.102. The van der Waals surface area contributed by atoms with Gasteiger partial charge in [0.2, 0.25) is 0 Å². The Morgan fingerprint density at radius 3 is 2.87 bits per heavy atom. The highest BCUT2D eigenvalue weighted by molar-refractivity contribution is 6.11. The Kier molecular flexibility index (Phi) is 3.27. The van der Waals surface area contributed by atoms with Gasteiger partial charge in [-0.15, -0.1) is 0 Å². The van der Waals surface area contributed by atoms with Crippen LogP contribution in [-0.2, 0) is 6.42 Å². The Balaban J connectivity index is 1.67. The molecule has 0 saturated heterocycles. The number of phenols is 1. The zero-order chi connectivity index (χ0) is 15.8. The SMILES string of the molecule is O=C1/C(=C/C2=Cc3ccccc3OC2)CCc2cc(O)ccc21. The Hall–Kier alpha value is -2.81. The summed E-state index contributed by atoms with van der Waals surface area (Å²) < 4.78 is 5.74. The molecule has 0 fully saturated rings. The van der Waals surface area contributed by atoms with Crippen molar-refractivity contribution in [2.75, 3.05) is 6.61 Å². The van der Waals surface area contributed by atoms with Crippen molar-refractivity contribution in [2.45, 2.75) is 12.8 Å². The molecule has 1 aliphatic carbocycles. The third kappa shape index (κ3) is 2.55. The highest BCUT2D eigenvalue weighted by atomic mass is 16.5. The van der Waals surface area contributed by atoms with E-state index in [1.807, 2.05) is 30.3 Å². The van der Waals surface area contributed by atoms with Crippen LogP contribution in [-0.4, -0.2) is 17.5 Å². The van der Waals surface area contributed by atoms with E-state index in [-0.39, 0.29) is 11.5 Å². The molecule has 1 heterocycles. The molecule has 114 valence electrons. The number of para-hydroxylation sites is 1. The van der Waals surface area contributed by atoms with Crippen LogP contribution in [0, 0.1) is 0 Å². The normalized spacial score (nSPS) is 18.0. The molecule has 3 heteroatoms. The van der Waals surface area contributed by atoms with E-state index in [0.29, 0.717) is 18.6 Å². The van der Waals surface area contributed by atoms with Gasteiger partial charge in [0.25, 0.3) is 0 Å². The van der Waals surface area contributed by atoms with Crippen molar-refractivity contribution >= 4 is 11.9 Å². The van der Waals surface area contributed by atoms with Crippen molar-refractivity contribution in [3.63, 3.8) is 0 Å². The van der Waals surface area contributed by atoms with Gasteiger partial charge < -0.3 is 9.84 Å². The lowest BCUT2D eigenvalue weighted by Gasteiger charge is -2.20. The predicted octanol–water partition coefficient (Wildman–Crippen LogP) is 3.92. The first-order chi connectivity index (χ1) is 11.2. The molecule has 23 heavy (non-hydrogen) atoms. The maximum Gasteiger partial charge on any atom is 0.189 e. The fourth-order valence-corrected chi connectivity index (χ4v) is 3.14. The summed E-state index contributed by atoms with van der Waals surface area (Å²) in [6.07, 6.45) is 5.49. The fraction of sp³-hybridized carbons (Fsp3) is 0.150. The molecule has 2 aromatic carbocycles. The number of ketones is 1. The summed E-state index contributed by atoms with van der Waals surface area (Å²) in [4.78, 5) is 12.6. The highest BCUT2D eigenvalue weighted by Crippen LogP contribution is 2.31. The molecule has 0 unspecified atom stereocenters. The van der Waals surface area contributed by atoms with Gasteiger partial charge in [-0.2, -0.15) is 0 Å². The molecule has 0 amide bonds. The second-order valence-electron chi connectivity index (χ2n) is 5.89. The first kappa shape index (κ1) is 13.8. The lowest BCUT2D eigenvalue weighted by Crippen LogP contribution is -2.15. The number of carbonyl (C=O) groups is 1. The van der Waals surface area contributed by atoms with Crippen LogP contribution in [0.3, 0.4) is 0 Å². The zero-order valence-corrected chi connectivity index (χ0v) is 12.6. The van der Waals surface area contributed by atoms with Crippen LogP contribution in [0.1, 0.15) is 27.9 Å². The molecule has 0 spiro atoms. The van der Waals surface area contributed by atoms with Crippen LogP contribution < -0.4 is 4.74 Å². The summed E-state index contributed by atoms with van der Waals surface area (Å²) >= 11 is 0. The number of benzene rings is 2. The first-order valence-electron chi connectivity index (χ1n) is 7.70. The maximum absolute atomic E-state index is 12.6. The monoisotopic (exact) mass is 304 g/mol. The Morgan fingerprint density at radius 2 is 1.96 bits per heavy atom. The van der Waals surface area contributed by atoms with Crippen LogP contribution in [0.25, 0.3) is 6.08 Å². The van der Waals surface area contributed by atoms with E-state index in [2.05, 4.69) is 6.08 Å². The second kappa shape index (κ2) is 5.43. The third-order valence-corrected chi connectivity index (χ3v) is 4.30. The van der Waals surface area contributed by atoms with E-state index in [9.17, 15) is 9.90 Å². The zero-order valence-electron chi connectivity index (χ0n) is 12.6. The third-order valence-electron chi connectivity index (χ3n) is 4.30. The van der Waals surface area contributed by atoms with Gasteiger partial charge in [0.1, 0.15) is 18.1 Å². The minimum absolute atomic E-state index is 0.0472. The molecule has 0 radical (unpaired) electrons. The van der Waals surface area contributed by atoms with Gasteiger partial charge in [0, 0.05) is 16.7 Å². The average molecular weight is 304 g/mol. The number of aromatic hydroxyl groups is 1. The van der Waals surface area contributed by atoms with Crippen molar-refractivity contribution in [2.24, 2.45) is 0 Å². The number of fused-ring (bicyclic) bond motifs is 2. The lowest BCUT2D eigenvalue weighted by atomic mass is 9.85. The van der Waals surface area contributed by atoms with Crippen LogP contribution in [0.4, 0.5) is 0 Å². The van der Waals surface area contributed by atoms with Crippen LogP contribution in [0.5, 0.6) is 11.5 Å². The van der Waals surface area contributed by atoms with E-state index in [0.717, 1.165) is 34.4 Å². The van der Waals surface area contributed by atoms with Crippen molar-refractivity contribution in [1.82, 2.24) is 0 Å². The molecule has 4 rings (SSSR count). The van der Waals surface area contributed by atoms with Gasteiger partial charge in [-0.1, -0.05) is 18.2 Å². The highest BCUT2D eigenvalue weighted by Gasteiger charge is 2.22. The van der Waals surface area contributed by atoms with Gasteiger partial charge in [0.05, 0.1) is 0 Å². The second-order valence-corrected chi connectivity index (χ2v) is 5.89. The topological polar surface area (TPSA) is 46.5 Å². The Labute approximate surface area is 134 Å². The number of aryl methyl sites for hydroxylation is 1. The van der Waals surface area contributed by atoms with Crippen molar-refractivity contribution in [1.29, 1.82) is 0 Å². The van der Waals surface area contributed by atoms with Crippen molar-refractivity contribution < 1.29 is 14.6 Å². The smallest absolute Gasteiger partial charge is 0.189 e. The minimum atomic E-state index is 0.0472. The molecule has 0 aromatic heterocycles. The molecule has 3 nitrogen and oxygen atoms in total.